The van der Waals surface area contributed by atoms with E-state index in [1.54, 1.807) is 10.9 Å². The number of aromatic nitrogens is 2. The average Bonchev–Trinajstić information content (AvgIpc) is 2.75. The summed E-state index contributed by atoms with van der Waals surface area (Å²) in [7, 11) is 1.88. The average molecular weight is 251 g/mol. The zero-order valence-corrected chi connectivity index (χ0v) is 10.4. The molecule has 0 fully saturated rings. The lowest BCUT2D eigenvalue weighted by molar-refractivity contribution is 0.551. The van der Waals surface area contributed by atoms with Gasteiger partial charge in [0.25, 0.3) is 0 Å². The summed E-state index contributed by atoms with van der Waals surface area (Å²) in [5.74, 6) is 5.58. The van der Waals surface area contributed by atoms with Gasteiger partial charge in [-0.25, -0.2) is 0 Å². The Labute approximate surface area is 105 Å². The van der Waals surface area contributed by atoms with Crippen LogP contribution in [-0.4, -0.2) is 9.78 Å². The van der Waals surface area contributed by atoms with E-state index >= 15 is 0 Å². The summed E-state index contributed by atoms with van der Waals surface area (Å²) in [6.45, 7) is 0. The molecule has 17 heavy (non-hydrogen) atoms. The third-order valence-corrected chi connectivity index (χ3v) is 3.08. The maximum atomic E-state index is 6.13. The maximum Gasteiger partial charge on any atom is 0.0538 e. The van der Waals surface area contributed by atoms with Crippen molar-refractivity contribution in [2.75, 3.05) is 0 Å². The Morgan fingerprint density at radius 1 is 1.47 bits per heavy atom. The lowest BCUT2D eigenvalue weighted by Gasteiger charge is -2.14. The number of aryl methyl sites for hydroxylation is 1. The van der Waals surface area contributed by atoms with Gasteiger partial charge < -0.3 is 0 Å². The van der Waals surface area contributed by atoms with Crippen LogP contribution in [0, 0.1) is 0 Å². The van der Waals surface area contributed by atoms with E-state index in [2.05, 4.69) is 10.5 Å². The second-order valence-corrected chi connectivity index (χ2v) is 4.37. The Bertz CT molecular complexity index is 495. The molecular formula is C12H15ClN4. The molecule has 4 nitrogen and oxygen atoms in total. The van der Waals surface area contributed by atoms with Crippen LogP contribution in [0.3, 0.4) is 0 Å². The molecule has 1 atom stereocenters. The van der Waals surface area contributed by atoms with Gasteiger partial charge in [0.1, 0.15) is 0 Å². The minimum Gasteiger partial charge on any atom is -0.275 e. The molecule has 2 rings (SSSR count). The minimum atomic E-state index is 0.0172. The normalized spacial score (nSPS) is 12.6. The van der Waals surface area contributed by atoms with Crippen molar-refractivity contribution in [3.8, 4) is 0 Å². The van der Waals surface area contributed by atoms with Crippen molar-refractivity contribution in [3.63, 3.8) is 0 Å². The van der Waals surface area contributed by atoms with Gasteiger partial charge in [0.05, 0.1) is 12.2 Å². The molecule has 0 bridgehead atoms. The van der Waals surface area contributed by atoms with Crippen LogP contribution in [-0.2, 0) is 13.5 Å². The van der Waals surface area contributed by atoms with Crippen LogP contribution < -0.4 is 11.3 Å². The smallest absolute Gasteiger partial charge is 0.0538 e. The Morgan fingerprint density at radius 3 is 2.82 bits per heavy atom. The lowest BCUT2D eigenvalue weighted by atomic mass is 10.0. The number of hydrogen-bond donors (Lipinski definition) is 2. The van der Waals surface area contributed by atoms with Crippen molar-refractivity contribution in [1.29, 1.82) is 0 Å². The van der Waals surface area contributed by atoms with Gasteiger partial charge in [-0.1, -0.05) is 29.8 Å². The highest BCUT2D eigenvalue weighted by Crippen LogP contribution is 2.22. The predicted molar refractivity (Wildman–Crippen MR) is 68.4 cm³/mol. The van der Waals surface area contributed by atoms with E-state index in [0.29, 0.717) is 0 Å². The van der Waals surface area contributed by atoms with Crippen LogP contribution in [0.4, 0.5) is 0 Å². The molecule has 1 heterocycles. The molecule has 90 valence electrons. The zero-order chi connectivity index (χ0) is 12.3. The van der Waals surface area contributed by atoms with Crippen LogP contribution in [0.25, 0.3) is 0 Å². The SMILES string of the molecule is Cn1cc(C(Cc2ccccc2Cl)NN)cn1. The van der Waals surface area contributed by atoms with Gasteiger partial charge in [-0.05, 0) is 18.1 Å². The first-order valence-electron chi connectivity index (χ1n) is 5.39. The van der Waals surface area contributed by atoms with Crippen LogP contribution in [0.2, 0.25) is 5.02 Å². The Morgan fingerprint density at radius 2 is 2.24 bits per heavy atom. The van der Waals surface area contributed by atoms with Crippen molar-refractivity contribution in [2.24, 2.45) is 12.9 Å². The summed E-state index contributed by atoms with van der Waals surface area (Å²) < 4.78 is 1.76. The molecule has 2 aromatic rings. The van der Waals surface area contributed by atoms with Gasteiger partial charge in [-0.3, -0.25) is 16.0 Å². The van der Waals surface area contributed by atoms with Crippen LogP contribution >= 0.6 is 11.6 Å². The molecule has 0 radical (unpaired) electrons. The second kappa shape index (κ2) is 5.31. The maximum absolute atomic E-state index is 6.13. The van der Waals surface area contributed by atoms with Crippen molar-refractivity contribution in [2.45, 2.75) is 12.5 Å². The predicted octanol–water partition coefficient (Wildman–Crippen LogP) is 1.82. The molecular weight excluding hydrogens is 236 g/mol. The third-order valence-electron chi connectivity index (χ3n) is 2.71. The molecule has 1 unspecified atom stereocenters. The molecule has 0 saturated carbocycles. The standard InChI is InChI=1S/C12H15ClN4/c1-17-8-10(7-15-17)12(16-14)6-9-4-2-3-5-11(9)13/h2-5,7-8,12,16H,6,14H2,1H3. The quantitative estimate of drug-likeness (QED) is 0.643. The fourth-order valence-corrected chi connectivity index (χ4v) is 1.99. The Balaban J connectivity index is 2.18. The summed E-state index contributed by atoms with van der Waals surface area (Å²) in [6, 6.07) is 7.79. The summed E-state index contributed by atoms with van der Waals surface area (Å²) in [5.41, 5.74) is 4.92. The van der Waals surface area contributed by atoms with E-state index in [4.69, 9.17) is 17.4 Å². The molecule has 0 spiro atoms. The molecule has 0 saturated heterocycles. The molecule has 0 aliphatic carbocycles. The Kier molecular flexibility index (Phi) is 3.78. The third kappa shape index (κ3) is 2.85. The van der Waals surface area contributed by atoms with Crippen molar-refractivity contribution in [3.05, 3.63) is 52.8 Å². The number of nitrogens with two attached hydrogens (primary N) is 1. The van der Waals surface area contributed by atoms with Crippen LogP contribution in [0.5, 0.6) is 0 Å². The van der Waals surface area contributed by atoms with Gasteiger partial charge in [-0.2, -0.15) is 5.10 Å². The highest BCUT2D eigenvalue weighted by molar-refractivity contribution is 6.31. The van der Waals surface area contributed by atoms with E-state index in [9.17, 15) is 0 Å². The van der Waals surface area contributed by atoms with Gasteiger partial charge in [0.15, 0.2) is 0 Å². The van der Waals surface area contributed by atoms with Gasteiger partial charge in [-0.15, -0.1) is 0 Å². The summed E-state index contributed by atoms with van der Waals surface area (Å²) in [5, 5.41) is 4.90. The van der Waals surface area contributed by atoms with E-state index < -0.39 is 0 Å². The van der Waals surface area contributed by atoms with Crippen molar-refractivity contribution < 1.29 is 0 Å². The van der Waals surface area contributed by atoms with Gasteiger partial charge in [0.2, 0.25) is 0 Å². The van der Waals surface area contributed by atoms with E-state index in [1.807, 2.05) is 37.5 Å². The molecule has 0 amide bonds. The first-order valence-corrected chi connectivity index (χ1v) is 5.76. The fourth-order valence-electron chi connectivity index (χ4n) is 1.78. The number of halogens is 1. The first kappa shape index (κ1) is 12.1. The number of hydrogen-bond acceptors (Lipinski definition) is 3. The molecule has 1 aromatic heterocycles. The van der Waals surface area contributed by atoms with E-state index in [-0.39, 0.29) is 6.04 Å². The minimum absolute atomic E-state index is 0.0172. The Hall–Kier alpha value is -1.36. The molecule has 1 aromatic carbocycles. The molecule has 0 aliphatic rings. The van der Waals surface area contributed by atoms with Crippen LogP contribution in [0.1, 0.15) is 17.2 Å². The number of hydrazine groups is 1. The number of nitrogens with one attached hydrogen (secondary N) is 1. The van der Waals surface area contributed by atoms with Crippen molar-refractivity contribution >= 4 is 11.6 Å². The summed E-state index contributed by atoms with van der Waals surface area (Å²) >= 11 is 6.13. The first-order chi connectivity index (χ1) is 8.20. The highest BCUT2D eigenvalue weighted by Gasteiger charge is 2.13. The fraction of sp³-hybridized carbons (Fsp3) is 0.250. The summed E-state index contributed by atoms with van der Waals surface area (Å²) in [4.78, 5) is 0. The van der Waals surface area contributed by atoms with E-state index in [0.717, 1.165) is 22.6 Å². The number of nitrogens with zero attached hydrogens (tertiary/aromatic N) is 2. The molecule has 5 heteroatoms. The van der Waals surface area contributed by atoms with Gasteiger partial charge >= 0.3 is 0 Å². The zero-order valence-electron chi connectivity index (χ0n) is 9.60. The second-order valence-electron chi connectivity index (χ2n) is 3.96. The van der Waals surface area contributed by atoms with E-state index in [1.165, 1.54) is 0 Å². The number of benzene rings is 1. The lowest BCUT2D eigenvalue weighted by Crippen LogP contribution is -2.29. The largest absolute Gasteiger partial charge is 0.275 e. The van der Waals surface area contributed by atoms with Crippen molar-refractivity contribution in [1.82, 2.24) is 15.2 Å². The molecule has 3 N–H and O–H groups in total. The monoisotopic (exact) mass is 250 g/mol. The highest BCUT2D eigenvalue weighted by atomic mass is 35.5. The number of rotatable bonds is 4. The summed E-state index contributed by atoms with van der Waals surface area (Å²) in [6.07, 6.45) is 4.49. The molecule has 0 aliphatic heterocycles. The topological polar surface area (TPSA) is 55.9 Å². The van der Waals surface area contributed by atoms with Gasteiger partial charge in [0, 0.05) is 23.8 Å². The van der Waals surface area contributed by atoms with Crippen LogP contribution in [0.15, 0.2) is 36.7 Å².